The minimum atomic E-state index is -0.745. The van der Waals surface area contributed by atoms with Crippen LogP contribution in [0.1, 0.15) is 77.0 Å². The summed E-state index contributed by atoms with van der Waals surface area (Å²) >= 11 is 0. The molecule has 51 heavy (non-hydrogen) atoms. The molecule has 276 valence electrons. The van der Waals surface area contributed by atoms with E-state index >= 15 is 0 Å². The molecular weight excluding hydrogens is 648 g/mol. The summed E-state index contributed by atoms with van der Waals surface area (Å²) in [6.07, 6.45) is 3.35. The van der Waals surface area contributed by atoms with Crippen molar-refractivity contribution < 1.29 is 23.9 Å². The van der Waals surface area contributed by atoms with Gasteiger partial charge in [-0.3, -0.25) is 33.4 Å². The number of imidazole rings is 1. The molecule has 0 spiro atoms. The number of methoxy groups -OCH3 is 1. The summed E-state index contributed by atoms with van der Waals surface area (Å²) in [6, 6.07) is 13.1. The van der Waals surface area contributed by atoms with Crippen molar-refractivity contribution in [3.8, 4) is 5.75 Å². The number of hydrogen-bond donors (Lipinski definition) is 0. The van der Waals surface area contributed by atoms with Gasteiger partial charge < -0.3 is 14.4 Å². The Labute approximate surface area is 300 Å². The number of amides is 3. The van der Waals surface area contributed by atoms with Crippen LogP contribution in [-0.2, 0) is 34.5 Å². The van der Waals surface area contributed by atoms with Crippen LogP contribution in [0.2, 0.25) is 0 Å². The molecule has 3 fully saturated rings. The Morgan fingerprint density at radius 2 is 1.59 bits per heavy atom. The van der Waals surface area contributed by atoms with Crippen LogP contribution in [0.3, 0.4) is 0 Å². The van der Waals surface area contributed by atoms with Gasteiger partial charge in [-0.15, -0.1) is 0 Å². The molecule has 4 heterocycles. The van der Waals surface area contributed by atoms with Crippen LogP contribution in [0.15, 0.2) is 47.3 Å². The molecule has 12 nitrogen and oxygen atoms in total. The lowest BCUT2D eigenvalue weighted by Crippen LogP contribution is -2.54. The van der Waals surface area contributed by atoms with E-state index in [1.165, 1.54) is 4.90 Å². The van der Waals surface area contributed by atoms with Crippen LogP contribution >= 0.6 is 0 Å². The Bertz CT molecular complexity index is 1780. The van der Waals surface area contributed by atoms with Crippen molar-refractivity contribution in [3.63, 3.8) is 0 Å². The van der Waals surface area contributed by atoms with E-state index < -0.39 is 11.6 Å². The average Bonchev–Trinajstić information content (AvgIpc) is 3.35. The first-order valence-corrected chi connectivity index (χ1v) is 18.5. The number of likely N-dealkylation sites (tertiary alicyclic amines) is 2. The van der Waals surface area contributed by atoms with Gasteiger partial charge in [-0.05, 0) is 87.8 Å². The highest BCUT2D eigenvalue weighted by Gasteiger charge is 2.38. The van der Waals surface area contributed by atoms with Gasteiger partial charge in [0.05, 0.1) is 24.7 Å². The molecule has 0 N–H and O–H groups in total. The molecule has 0 aliphatic carbocycles. The maximum Gasteiger partial charge on any atom is 0.410 e. The number of aryl methyl sites for hydroxylation is 1. The molecule has 6 rings (SSSR count). The summed E-state index contributed by atoms with van der Waals surface area (Å²) in [7, 11) is 3.34. The van der Waals surface area contributed by atoms with Crippen LogP contribution in [0.4, 0.5) is 4.79 Å². The number of carbonyl (C=O) groups excluding carboxylic acids is 3. The Hall–Kier alpha value is -4.16. The van der Waals surface area contributed by atoms with Crippen LogP contribution in [0.5, 0.6) is 5.75 Å². The van der Waals surface area contributed by atoms with Crippen molar-refractivity contribution in [2.24, 2.45) is 13.0 Å². The molecule has 0 radical (unpaired) electrons. The Morgan fingerprint density at radius 1 is 0.882 bits per heavy atom. The molecule has 3 amide bonds. The number of piperidine rings is 2. The van der Waals surface area contributed by atoms with Crippen molar-refractivity contribution in [2.75, 3.05) is 46.4 Å². The van der Waals surface area contributed by atoms with Gasteiger partial charge in [-0.1, -0.05) is 25.1 Å². The van der Waals surface area contributed by atoms with Crippen LogP contribution in [-0.4, -0.2) is 105 Å². The summed E-state index contributed by atoms with van der Waals surface area (Å²) in [4.78, 5) is 61.1. The molecule has 0 saturated carbocycles. The fraction of sp³-hybridized carbons (Fsp3) is 0.590. The summed E-state index contributed by atoms with van der Waals surface area (Å²) in [5.41, 5.74) is 2.70. The zero-order chi connectivity index (χ0) is 36.4. The third-order valence-corrected chi connectivity index (χ3v) is 10.8. The van der Waals surface area contributed by atoms with E-state index in [-0.39, 0.29) is 36.6 Å². The first kappa shape index (κ1) is 36.6. The standard InChI is InChI=1S/C39H54N6O6/c1-7-30-26-41(20-21-43(30)24-28-16-18-42(19-17-28)38(49)51-39(2,3)4)23-29-10-13-32-34(22-29)40(5)37(48)45(32)33-14-15-35(46)44(36(33)47)25-27-8-11-31(50-6)12-9-27/h8-13,22,28,30,33H,7,14-21,23-26H2,1-6H3/t30-,33?/m0/s1. The third-order valence-electron chi connectivity index (χ3n) is 10.8. The molecule has 2 atom stereocenters. The minimum Gasteiger partial charge on any atom is -0.497 e. The molecule has 3 aliphatic heterocycles. The summed E-state index contributed by atoms with van der Waals surface area (Å²) in [5.74, 6) is 0.697. The highest BCUT2D eigenvalue weighted by atomic mass is 16.6. The lowest BCUT2D eigenvalue weighted by Gasteiger charge is -2.44. The molecule has 1 aromatic heterocycles. The average molecular weight is 703 g/mol. The van der Waals surface area contributed by atoms with Crippen LogP contribution in [0.25, 0.3) is 11.0 Å². The number of benzene rings is 2. The number of piperazine rings is 1. The highest BCUT2D eigenvalue weighted by Crippen LogP contribution is 2.29. The second kappa shape index (κ2) is 15.2. The largest absolute Gasteiger partial charge is 0.497 e. The summed E-state index contributed by atoms with van der Waals surface area (Å²) in [6.45, 7) is 14.4. The molecule has 1 unspecified atom stereocenters. The normalized spacial score (nSPS) is 21.5. The van der Waals surface area contributed by atoms with E-state index in [1.54, 1.807) is 23.3 Å². The maximum atomic E-state index is 13.8. The van der Waals surface area contributed by atoms with E-state index in [1.807, 2.05) is 56.0 Å². The van der Waals surface area contributed by atoms with Gasteiger partial charge in [-0.25, -0.2) is 9.59 Å². The molecule has 3 aliphatic rings. The van der Waals surface area contributed by atoms with Gasteiger partial charge in [0.15, 0.2) is 0 Å². The number of nitrogens with zero attached hydrogens (tertiary/aromatic N) is 6. The zero-order valence-corrected chi connectivity index (χ0v) is 31.1. The van der Waals surface area contributed by atoms with Gasteiger partial charge in [-0.2, -0.15) is 0 Å². The molecule has 3 saturated heterocycles. The van der Waals surface area contributed by atoms with Gasteiger partial charge in [0.2, 0.25) is 5.91 Å². The number of hydrogen-bond acceptors (Lipinski definition) is 8. The van der Waals surface area contributed by atoms with Gasteiger partial charge in [0.25, 0.3) is 5.91 Å². The molecule has 3 aromatic rings. The highest BCUT2D eigenvalue weighted by molar-refractivity contribution is 6.00. The van der Waals surface area contributed by atoms with Crippen molar-refractivity contribution in [1.29, 1.82) is 0 Å². The first-order chi connectivity index (χ1) is 24.3. The van der Waals surface area contributed by atoms with Gasteiger partial charge in [0, 0.05) is 65.3 Å². The van der Waals surface area contributed by atoms with Crippen LogP contribution < -0.4 is 10.4 Å². The number of fused-ring (bicyclic) bond motifs is 1. The predicted octanol–water partition coefficient (Wildman–Crippen LogP) is 4.78. The minimum absolute atomic E-state index is 0.154. The monoisotopic (exact) mass is 702 g/mol. The zero-order valence-electron chi connectivity index (χ0n) is 31.1. The summed E-state index contributed by atoms with van der Waals surface area (Å²) < 4.78 is 14.0. The van der Waals surface area contributed by atoms with E-state index in [2.05, 4.69) is 28.9 Å². The second-order valence-electron chi connectivity index (χ2n) is 15.5. The second-order valence-corrected chi connectivity index (χ2v) is 15.5. The smallest absolute Gasteiger partial charge is 0.410 e. The van der Waals surface area contributed by atoms with E-state index in [0.717, 1.165) is 81.7 Å². The van der Waals surface area contributed by atoms with Crippen molar-refractivity contribution >= 4 is 28.9 Å². The fourth-order valence-corrected chi connectivity index (χ4v) is 7.89. The van der Waals surface area contributed by atoms with Crippen LogP contribution in [0, 0.1) is 5.92 Å². The molecule has 12 heteroatoms. The molecular formula is C39H54N6O6. The summed E-state index contributed by atoms with van der Waals surface area (Å²) in [5, 5.41) is 0. The number of carbonyl (C=O) groups is 3. The Balaban J connectivity index is 1.08. The SMILES string of the molecule is CC[C@H]1CN(Cc2ccc3c(c2)n(C)c(=O)n3C2CCC(=O)N(Cc3ccc(OC)cc3)C2=O)CCN1CC1CCN(C(=O)OC(C)(C)C)CC1. The Kier molecular flexibility index (Phi) is 10.9. The van der Waals surface area contributed by atoms with E-state index in [0.29, 0.717) is 29.6 Å². The van der Waals surface area contributed by atoms with Gasteiger partial charge in [0.1, 0.15) is 17.4 Å². The predicted molar refractivity (Wildman–Crippen MR) is 195 cm³/mol. The van der Waals surface area contributed by atoms with Gasteiger partial charge >= 0.3 is 11.8 Å². The lowest BCUT2D eigenvalue weighted by atomic mass is 9.95. The van der Waals surface area contributed by atoms with E-state index in [9.17, 15) is 19.2 Å². The lowest BCUT2D eigenvalue weighted by molar-refractivity contribution is -0.151. The quantitative estimate of drug-likeness (QED) is 0.293. The number of aromatic nitrogens is 2. The Morgan fingerprint density at radius 3 is 2.25 bits per heavy atom. The number of rotatable bonds is 9. The third kappa shape index (κ3) is 8.17. The molecule has 0 bridgehead atoms. The number of ether oxygens (including phenoxy) is 2. The van der Waals surface area contributed by atoms with Crippen molar-refractivity contribution in [2.45, 2.75) is 90.6 Å². The number of imide groups is 1. The van der Waals surface area contributed by atoms with E-state index in [4.69, 9.17) is 9.47 Å². The topological polar surface area (TPSA) is 110 Å². The fourth-order valence-electron chi connectivity index (χ4n) is 7.89. The van der Waals surface area contributed by atoms with Crippen molar-refractivity contribution in [1.82, 2.24) is 28.7 Å². The first-order valence-electron chi connectivity index (χ1n) is 18.5. The maximum absolute atomic E-state index is 13.8. The molecule has 2 aromatic carbocycles. The van der Waals surface area contributed by atoms with Crippen molar-refractivity contribution in [3.05, 3.63) is 64.1 Å².